The number of Topliss-reactive ketones (excluding diaryl/α,β-unsaturated/α-hetero) is 1. The van der Waals surface area contributed by atoms with Gasteiger partial charge in [0.15, 0.2) is 5.78 Å². The third kappa shape index (κ3) is 6.17. The highest BCUT2D eigenvalue weighted by atomic mass is 35.5. The molecule has 0 aliphatic carbocycles. The van der Waals surface area contributed by atoms with E-state index in [1.807, 2.05) is 42.5 Å². The van der Waals surface area contributed by atoms with Crippen molar-refractivity contribution in [1.29, 1.82) is 0 Å². The van der Waals surface area contributed by atoms with Gasteiger partial charge in [0.2, 0.25) is 0 Å². The lowest BCUT2D eigenvalue weighted by Crippen LogP contribution is -2.33. The number of hydrogen-bond donors (Lipinski definition) is 1. The average Bonchev–Trinajstić information content (AvgIpc) is 2.53. The summed E-state index contributed by atoms with van der Waals surface area (Å²) in [6.07, 6.45) is 0.931. The van der Waals surface area contributed by atoms with Crippen LogP contribution in [0.5, 0.6) is 0 Å². The molecule has 124 valence electrons. The third-order valence-electron chi connectivity index (χ3n) is 3.90. The summed E-state index contributed by atoms with van der Waals surface area (Å²) in [5, 5.41) is 3.32. The molecule has 1 unspecified atom stereocenters. The molecule has 1 atom stereocenters. The Labute approximate surface area is 145 Å². The summed E-state index contributed by atoms with van der Waals surface area (Å²) in [4.78, 5) is 12.2. The monoisotopic (exact) mass is 331 g/mol. The van der Waals surface area contributed by atoms with Gasteiger partial charge in [0.25, 0.3) is 0 Å². The normalized spacial score (nSPS) is 11.8. The topological polar surface area (TPSA) is 29.1 Å². The van der Waals surface area contributed by atoms with Crippen LogP contribution in [0.2, 0.25) is 0 Å². The van der Waals surface area contributed by atoms with Gasteiger partial charge in [-0.25, -0.2) is 0 Å². The molecule has 2 aromatic rings. The van der Waals surface area contributed by atoms with Crippen LogP contribution in [0.25, 0.3) is 0 Å². The first-order valence-electron chi connectivity index (χ1n) is 7.96. The van der Waals surface area contributed by atoms with Crippen molar-refractivity contribution in [1.82, 2.24) is 5.32 Å². The number of halogens is 1. The summed E-state index contributed by atoms with van der Waals surface area (Å²) < 4.78 is 0. The average molecular weight is 332 g/mol. The molecule has 0 aromatic heterocycles. The second kappa shape index (κ2) is 9.49. The van der Waals surface area contributed by atoms with Crippen molar-refractivity contribution in [3.63, 3.8) is 0 Å². The molecule has 0 radical (unpaired) electrons. The summed E-state index contributed by atoms with van der Waals surface area (Å²) in [6.45, 7) is 6.81. The van der Waals surface area contributed by atoms with Crippen molar-refractivity contribution in [2.24, 2.45) is 0 Å². The molecule has 2 nitrogen and oxygen atoms in total. The van der Waals surface area contributed by atoms with Crippen molar-refractivity contribution >= 4 is 18.2 Å². The first-order chi connectivity index (χ1) is 10.6. The number of rotatable bonds is 7. The maximum absolute atomic E-state index is 12.2. The molecule has 23 heavy (non-hydrogen) atoms. The van der Waals surface area contributed by atoms with Crippen LogP contribution in [0, 0.1) is 0 Å². The van der Waals surface area contributed by atoms with Crippen LogP contribution in [0.3, 0.4) is 0 Å². The number of carbonyl (C=O) groups is 1. The zero-order valence-corrected chi connectivity index (χ0v) is 14.9. The van der Waals surface area contributed by atoms with Gasteiger partial charge in [-0.2, -0.15) is 0 Å². The Balaban J connectivity index is 0.00000264. The number of carbonyl (C=O) groups excluding carboxylic acids is 1. The van der Waals surface area contributed by atoms with Crippen molar-refractivity contribution in [2.75, 3.05) is 6.54 Å². The molecular weight excluding hydrogens is 306 g/mol. The lowest BCUT2D eigenvalue weighted by Gasteiger charge is -2.13. The summed E-state index contributed by atoms with van der Waals surface area (Å²) >= 11 is 0. The van der Waals surface area contributed by atoms with Gasteiger partial charge >= 0.3 is 0 Å². The highest BCUT2D eigenvalue weighted by Gasteiger charge is 2.09. The number of nitrogens with one attached hydrogen (secondary N) is 1. The van der Waals surface area contributed by atoms with E-state index in [1.165, 1.54) is 11.1 Å². The van der Waals surface area contributed by atoms with Crippen molar-refractivity contribution in [3.05, 3.63) is 71.3 Å². The van der Waals surface area contributed by atoms with Gasteiger partial charge in [0, 0.05) is 11.6 Å². The summed E-state index contributed by atoms with van der Waals surface area (Å²) in [6, 6.07) is 18.6. The fourth-order valence-corrected chi connectivity index (χ4v) is 2.46. The molecule has 3 heteroatoms. The SMILES string of the molecule is CC(Cc1ccccc1)NCC(=O)c1ccc(C(C)C)cc1.Cl. The largest absolute Gasteiger partial charge is 0.307 e. The van der Waals surface area contributed by atoms with Gasteiger partial charge in [-0.3, -0.25) is 4.79 Å². The van der Waals surface area contributed by atoms with E-state index in [2.05, 4.69) is 38.2 Å². The van der Waals surface area contributed by atoms with Crippen LogP contribution >= 0.6 is 12.4 Å². The predicted molar refractivity (Wildman–Crippen MR) is 99.7 cm³/mol. The summed E-state index contributed by atoms with van der Waals surface area (Å²) in [7, 11) is 0. The Hall–Kier alpha value is -1.64. The van der Waals surface area contributed by atoms with E-state index in [1.54, 1.807) is 0 Å². The van der Waals surface area contributed by atoms with Gasteiger partial charge in [-0.05, 0) is 30.4 Å². The second-order valence-electron chi connectivity index (χ2n) is 6.17. The maximum Gasteiger partial charge on any atom is 0.176 e. The number of benzene rings is 2. The second-order valence-corrected chi connectivity index (χ2v) is 6.17. The van der Waals surface area contributed by atoms with Crippen LogP contribution < -0.4 is 5.32 Å². The van der Waals surface area contributed by atoms with Crippen molar-refractivity contribution in [3.8, 4) is 0 Å². The minimum atomic E-state index is 0. The molecule has 0 aliphatic rings. The number of ketones is 1. The van der Waals surface area contributed by atoms with E-state index < -0.39 is 0 Å². The molecular formula is C20H26ClNO. The quantitative estimate of drug-likeness (QED) is 0.749. The molecule has 0 saturated carbocycles. The lowest BCUT2D eigenvalue weighted by atomic mass is 10.0. The van der Waals surface area contributed by atoms with E-state index in [-0.39, 0.29) is 24.2 Å². The standard InChI is InChI=1S/C20H25NO.ClH/c1-15(2)18-9-11-19(12-10-18)20(22)14-21-16(3)13-17-7-5-4-6-8-17;/h4-12,15-16,21H,13-14H2,1-3H3;1H. The molecule has 0 bridgehead atoms. The Kier molecular flexibility index (Phi) is 8.01. The summed E-state index contributed by atoms with van der Waals surface area (Å²) in [5.74, 6) is 0.642. The highest BCUT2D eigenvalue weighted by molar-refractivity contribution is 5.97. The van der Waals surface area contributed by atoms with Crippen molar-refractivity contribution < 1.29 is 4.79 Å². The number of hydrogen-bond acceptors (Lipinski definition) is 2. The Morgan fingerprint density at radius 2 is 1.57 bits per heavy atom. The van der Waals surface area contributed by atoms with E-state index in [0.717, 1.165) is 12.0 Å². The fraction of sp³-hybridized carbons (Fsp3) is 0.350. The minimum Gasteiger partial charge on any atom is -0.307 e. The molecule has 0 amide bonds. The first-order valence-corrected chi connectivity index (χ1v) is 7.96. The summed E-state index contributed by atoms with van der Waals surface area (Å²) in [5.41, 5.74) is 3.34. The van der Waals surface area contributed by atoms with E-state index >= 15 is 0 Å². The molecule has 2 rings (SSSR count). The zero-order chi connectivity index (χ0) is 15.9. The van der Waals surface area contributed by atoms with E-state index in [0.29, 0.717) is 12.5 Å². The third-order valence-corrected chi connectivity index (χ3v) is 3.90. The molecule has 0 aliphatic heterocycles. The Morgan fingerprint density at radius 1 is 0.957 bits per heavy atom. The molecule has 0 fully saturated rings. The van der Waals surface area contributed by atoms with Crippen LogP contribution in [-0.2, 0) is 6.42 Å². The van der Waals surface area contributed by atoms with Gasteiger partial charge in [-0.15, -0.1) is 12.4 Å². The molecule has 0 spiro atoms. The van der Waals surface area contributed by atoms with Crippen LogP contribution in [0.15, 0.2) is 54.6 Å². The fourth-order valence-electron chi connectivity index (χ4n) is 2.46. The zero-order valence-electron chi connectivity index (χ0n) is 14.1. The van der Waals surface area contributed by atoms with Crippen LogP contribution in [-0.4, -0.2) is 18.4 Å². The Bertz CT molecular complexity index is 593. The first kappa shape index (κ1) is 19.4. The minimum absolute atomic E-state index is 0. The van der Waals surface area contributed by atoms with E-state index in [4.69, 9.17) is 0 Å². The smallest absolute Gasteiger partial charge is 0.176 e. The van der Waals surface area contributed by atoms with E-state index in [9.17, 15) is 4.79 Å². The molecule has 0 heterocycles. The van der Waals surface area contributed by atoms with Gasteiger partial charge in [-0.1, -0.05) is 68.4 Å². The maximum atomic E-state index is 12.2. The van der Waals surface area contributed by atoms with Gasteiger partial charge in [0.1, 0.15) is 0 Å². The predicted octanol–water partition coefficient (Wildman–Crippen LogP) is 4.64. The molecule has 2 aromatic carbocycles. The molecule has 0 saturated heterocycles. The molecule has 1 N–H and O–H groups in total. The van der Waals surface area contributed by atoms with Crippen LogP contribution in [0.1, 0.15) is 48.2 Å². The van der Waals surface area contributed by atoms with Crippen molar-refractivity contribution in [2.45, 2.75) is 39.2 Å². The lowest BCUT2D eigenvalue weighted by molar-refractivity contribution is 0.0987. The highest BCUT2D eigenvalue weighted by Crippen LogP contribution is 2.14. The Morgan fingerprint density at radius 3 is 2.13 bits per heavy atom. The van der Waals surface area contributed by atoms with Crippen LogP contribution in [0.4, 0.5) is 0 Å². The van der Waals surface area contributed by atoms with Gasteiger partial charge < -0.3 is 5.32 Å². The van der Waals surface area contributed by atoms with Gasteiger partial charge in [0.05, 0.1) is 6.54 Å².